The molecule has 1 aromatic rings. The number of thiazole rings is 1. The van der Waals surface area contributed by atoms with E-state index in [1.807, 2.05) is 12.3 Å². The van der Waals surface area contributed by atoms with Crippen molar-refractivity contribution in [3.05, 3.63) is 16.6 Å². The van der Waals surface area contributed by atoms with Gasteiger partial charge in [-0.05, 0) is 6.92 Å². The number of nitrogens with one attached hydrogen (secondary N) is 2. The lowest BCUT2D eigenvalue weighted by Crippen LogP contribution is -2.41. The molecule has 0 radical (unpaired) electrons. The molecule has 2 amide bonds. The second-order valence-electron chi connectivity index (χ2n) is 3.90. The molecular formula is C11H17N3O4S. The van der Waals surface area contributed by atoms with Crippen LogP contribution in [0.2, 0.25) is 0 Å². The summed E-state index contributed by atoms with van der Waals surface area (Å²) in [7, 11) is 1.41. The van der Waals surface area contributed by atoms with E-state index in [9.17, 15) is 9.59 Å². The summed E-state index contributed by atoms with van der Waals surface area (Å²) < 4.78 is 4.96. The molecular weight excluding hydrogens is 270 g/mol. The highest BCUT2D eigenvalue weighted by Crippen LogP contribution is 2.14. The number of carboxylic acid groups (broad SMARTS) is 1. The molecule has 1 aromatic heterocycles. The first-order valence-corrected chi connectivity index (χ1v) is 6.59. The lowest BCUT2D eigenvalue weighted by molar-refractivity contribution is -0.139. The van der Waals surface area contributed by atoms with Gasteiger partial charge in [-0.1, -0.05) is 0 Å². The van der Waals surface area contributed by atoms with Gasteiger partial charge in [0.05, 0.1) is 18.6 Å². The number of hydrogen-bond donors (Lipinski definition) is 3. The van der Waals surface area contributed by atoms with Crippen LogP contribution in [0.1, 0.15) is 24.4 Å². The Morgan fingerprint density at radius 3 is 2.84 bits per heavy atom. The molecule has 106 valence electrons. The van der Waals surface area contributed by atoms with Crippen LogP contribution in [0.15, 0.2) is 11.6 Å². The van der Waals surface area contributed by atoms with Crippen molar-refractivity contribution < 1.29 is 19.4 Å². The van der Waals surface area contributed by atoms with Crippen molar-refractivity contribution in [2.45, 2.75) is 25.5 Å². The molecule has 0 saturated carbocycles. The molecule has 2 unspecified atom stereocenters. The van der Waals surface area contributed by atoms with Gasteiger partial charge in [0, 0.05) is 25.2 Å². The summed E-state index contributed by atoms with van der Waals surface area (Å²) in [4.78, 5) is 26.2. The standard InChI is InChI=1S/C11H17N3O4S/c1-7(10-12-3-4-19-10)14-11(17)13-6-8(18-2)5-9(15)16/h3-4,7-8H,5-6H2,1-2H3,(H,15,16)(H2,13,14,17). The summed E-state index contributed by atoms with van der Waals surface area (Å²) in [6.45, 7) is 1.96. The molecule has 0 aliphatic rings. The van der Waals surface area contributed by atoms with Crippen LogP contribution in [0, 0.1) is 0 Å². The van der Waals surface area contributed by atoms with Gasteiger partial charge in [-0.25, -0.2) is 9.78 Å². The molecule has 0 aliphatic carbocycles. The number of rotatable bonds is 7. The van der Waals surface area contributed by atoms with E-state index in [0.717, 1.165) is 5.01 Å². The van der Waals surface area contributed by atoms with E-state index in [0.29, 0.717) is 0 Å². The lowest BCUT2D eigenvalue weighted by atomic mass is 10.2. The van der Waals surface area contributed by atoms with Gasteiger partial charge < -0.3 is 20.5 Å². The van der Waals surface area contributed by atoms with E-state index in [1.54, 1.807) is 6.20 Å². The van der Waals surface area contributed by atoms with E-state index < -0.39 is 12.1 Å². The molecule has 1 rings (SSSR count). The van der Waals surface area contributed by atoms with Gasteiger partial charge in [-0.2, -0.15) is 0 Å². The second-order valence-corrected chi connectivity index (χ2v) is 4.83. The van der Waals surface area contributed by atoms with Crippen molar-refractivity contribution in [3.8, 4) is 0 Å². The first-order chi connectivity index (χ1) is 9.02. The van der Waals surface area contributed by atoms with Crippen LogP contribution in [0.25, 0.3) is 0 Å². The van der Waals surface area contributed by atoms with Gasteiger partial charge in [0.1, 0.15) is 5.01 Å². The van der Waals surface area contributed by atoms with Gasteiger partial charge in [-0.15, -0.1) is 11.3 Å². The zero-order valence-corrected chi connectivity index (χ0v) is 11.6. The molecule has 3 N–H and O–H groups in total. The fourth-order valence-electron chi connectivity index (χ4n) is 1.40. The van der Waals surface area contributed by atoms with Gasteiger partial charge in [0.15, 0.2) is 0 Å². The number of amides is 2. The molecule has 2 atom stereocenters. The summed E-state index contributed by atoms with van der Waals surface area (Å²) in [6, 6.07) is -0.574. The van der Waals surface area contributed by atoms with Crippen molar-refractivity contribution in [1.82, 2.24) is 15.6 Å². The number of hydrogen-bond acceptors (Lipinski definition) is 5. The molecule has 0 bridgehead atoms. The average molecular weight is 287 g/mol. The average Bonchev–Trinajstić information content (AvgIpc) is 2.87. The number of aromatic nitrogens is 1. The summed E-state index contributed by atoms with van der Waals surface area (Å²) in [5.41, 5.74) is 0. The van der Waals surface area contributed by atoms with Crippen LogP contribution in [0.3, 0.4) is 0 Å². The number of aliphatic carboxylic acids is 1. The first kappa shape index (κ1) is 15.4. The predicted octanol–water partition coefficient (Wildman–Crippen LogP) is 0.993. The highest BCUT2D eigenvalue weighted by atomic mass is 32.1. The monoisotopic (exact) mass is 287 g/mol. The van der Waals surface area contributed by atoms with Crippen molar-refractivity contribution in [1.29, 1.82) is 0 Å². The van der Waals surface area contributed by atoms with E-state index in [4.69, 9.17) is 9.84 Å². The third kappa shape index (κ3) is 5.66. The normalized spacial score (nSPS) is 13.6. The van der Waals surface area contributed by atoms with E-state index in [1.165, 1.54) is 18.4 Å². The maximum Gasteiger partial charge on any atom is 0.315 e. The highest BCUT2D eigenvalue weighted by Gasteiger charge is 2.15. The topological polar surface area (TPSA) is 101 Å². The Bertz CT molecular complexity index is 410. The Hall–Kier alpha value is -1.67. The summed E-state index contributed by atoms with van der Waals surface area (Å²) in [5.74, 6) is -0.967. The Kier molecular flexibility index (Phi) is 6.23. The van der Waals surface area contributed by atoms with Crippen LogP contribution in [0.4, 0.5) is 4.79 Å². The molecule has 7 nitrogen and oxygen atoms in total. The van der Waals surface area contributed by atoms with Crippen molar-refractivity contribution in [2.24, 2.45) is 0 Å². The fraction of sp³-hybridized carbons (Fsp3) is 0.545. The van der Waals surface area contributed by atoms with Crippen molar-refractivity contribution in [3.63, 3.8) is 0 Å². The van der Waals surface area contributed by atoms with Crippen LogP contribution in [-0.2, 0) is 9.53 Å². The SMILES string of the molecule is COC(CNC(=O)NC(C)c1nccs1)CC(=O)O. The Morgan fingerprint density at radius 2 is 2.32 bits per heavy atom. The van der Waals surface area contributed by atoms with Crippen LogP contribution >= 0.6 is 11.3 Å². The summed E-state index contributed by atoms with van der Waals surface area (Å²) in [6.07, 6.45) is 0.973. The predicted molar refractivity (Wildman–Crippen MR) is 70.1 cm³/mol. The minimum Gasteiger partial charge on any atom is -0.481 e. The van der Waals surface area contributed by atoms with Gasteiger partial charge in [-0.3, -0.25) is 4.79 Å². The third-order valence-corrected chi connectivity index (χ3v) is 3.35. The third-order valence-electron chi connectivity index (χ3n) is 2.40. The largest absolute Gasteiger partial charge is 0.481 e. The minimum atomic E-state index is -0.967. The van der Waals surface area contributed by atoms with Crippen molar-refractivity contribution >= 4 is 23.3 Å². The molecule has 0 fully saturated rings. The molecule has 8 heteroatoms. The zero-order chi connectivity index (χ0) is 14.3. The molecule has 19 heavy (non-hydrogen) atoms. The van der Waals surface area contributed by atoms with Crippen LogP contribution in [-0.4, -0.2) is 41.8 Å². The maximum atomic E-state index is 11.6. The minimum absolute atomic E-state index is 0.138. The number of ether oxygens (including phenoxy) is 1. The number of carboxylic acids is 1. The Labute approximate surface area is 115 Å². The number of carbonyl (C=O) groups excluding carboxylic acids is 1. The van der Waals surface area contributed by atoms with Gasteiger partial charge in [0.2, 0.25) is 0 Å². The quantitative estimate of drug-likeness (QED) is 0.694. The fourth-order valence-corrected chi connectivity index (χ4v) is 2.04. The lowest BCUT2D eigenvalue weighted by Gasteiger charge is -2.16. The number of carbonyl (C=O) groups is 2. The smallest absolute Gasteiger partial charge is 0.315 e. The molecule has 0 saturated heterocycles. The molecule has 0 aromatic carbocycles. The van der Waals surface area contributed by atoms with Crippen LogP contribution < -0.4 is 10.6 Å². The number of urea groups is 1. The van der Waals surface area contributed by atoms with E-state index in [2.05, 4.69) is 15.6 Å². The molecule has 1 heterocycles. The highest BCUT2D eigenvalue weighted by molar-refractivity contribution is 7.09. The number of methoxy groups -OCH3 is 1. The van der Waals surface area contributed by atoms with Gasteiger partial charge in [0.25, 0.3) is 0 Å². The van der Waals surface area contributed by atoms with Crippen LogP contribution in [0.5, 0.6) is 0 Å². The van der Waals surface area contributed by atoms with E-state index in [-0.39, 0.29) is 25.0 Å². The number of nitrogens with zero attached hydrogens (tertiary/aromatic N) is 1. The summed E-state index contributed by atoms with van der Waals surface area (Å²) in [5, 5.41) is 16.6. The second kappa shape index (κ2) is 7.70. The Balaban J connectivity index is 2.32. The zero-order valence-electron chi connectivity index (χ0n) is 10.8. The van der Waals surface area contributed by atoms with E-state index >= 15 is 0 Å². The molecule has 0 aliphatic heterocycles. The Morgan fingerprint density at radius 1 is 1.58 bits per heavy atom. The summed E-state index contributed by atoms with van der Waals surface area (Å²) >= 11 is 1.45. The van der Waals surface area contributed by atoms with Crippen molar-refractivity contribution in [2.75, 3.05) is 13.7 Å². The molecule has 0 spiro atoms. The first-order valence-electron chi connectivity index (χ1n) is 5.71. The van der Waals surface area contributed by atoms with Gasteiger partial charge >= 0.3 is 12.0 Å². The maximum absolute atomic E-state index is 11.6.